The van der Waals surface area contributed by atoms with Gasteiger partial charge in [-0.2, -0.15) is 0 Å². The van der Waals surface area contributed by atoms with E-state index in [4.69, 9.17) is 4.42 Å². The molecule has 2 rings (SSSR count). The van der Waals surface area contributed by atoms with Crippen LogP contribution in [0.1, 0.15) is 5.76 Å². The number of hydrogen-bond donors (Lipinski definition) is 0. The highest BCUT2D eigenvalue weighted by Gasteiger charge is 2.08. The van der Waals surface area contributed by atoms with Gasteiger partial charge in [-0.05, 0) is 43.3 Å². The molecule has 1 aromatic heterocycles. The quantitative estimate of drug-likeness (QED) is 0.805. The van der Waals surface area contributed by atoms with E-state index in [1.54, 1.807) is 24.3 Å². The lowest BCUT2D eigenvalue weighted by molar-refractivity contribution is 0.548. The zero-order chi connectivity index (χ0) is 11.8. The molecule has 0 fully saturated rings. The van der Waals surface area contributed by atoms with E-state index in [1.165, 1.54) is 6.26 Å². The van der Waals surface area contributed by atoms with Crippen molar-refractivity contribution in [3.05, 3.63) is 42.2 Å². The van der Waals surface area contributed by atoms with Crippen molar-refractivity contribution in [1.29, 1.82) is 0 Å². The number of furan rings is 1. The second-order valence-electron chi connectivity index (χ2n) is 3.71. The highest BCUT2D eigenvalue weighted by molar-refractivity contribution is 7.90. The van der Waals surface area contributed by atoms with Gasteiger partial charge in [0.15, 0.2) is 9.84 Å². The van der Waals surface area contributed by atoms with Gasteiger partial charge in [0.1, 0.15) is 11.5 Å². The monoisotopic (exact) mass is 236 g/mol. The summed E-state index contributed by atoms with van der Waals surface area (Å²) in [4.78, 5) is 0.319. The van der Waals surface area contributed by atoms with E-state index in [-0.39, 0.29) is 0 Å². The molecule has 0 spiro atoms. The molecule has 0 N–H and O–H groups in total. The van der Waals surface area contributed by atoms with Crippen molar-refractivity contribution in [2.75, 3.05) is 6.26 Å². The Kier molecular flexibility index (Phi) is 2.59. The first-order valence-corrected chi connectivity index (χ1v) is 6.73. The first-order chi connectivity index (χ1) is 7.47. The van der Waals surface area contributed by atoms with Gasteiger partial charge in [0.25, 0.3) is 0 Å². The Bertz CT molecular complexity index is 591. The maximum absolute atomic E-state index is 11.3. The first-order valence-electron chi connectivity index (χ1n) is 4.84. The molecule has 1 aromatic carbocycles. The molecule has 0 atom stereocenters. The predicted molar refractivity (Wildman–Crippen MR) is 62.0 cm³/mol. The lowest BCUT2D eigenvalue weighted by Gasteiger charge is -2.00. The van der Waals surface area contributed by atoms with Crippen molar-refractivity contribution in [2.45, 2.75) is 11.8 Å². The van der Waals surface area contributed by atoms with E-state index < -0.39 is 9.84 Å². The molecule has 4 heteroatoms. The summed E-state index contributed by atoms with van der Waals surface area (Å²) in [7, 11) is -3.13. The van der Waals surface area contributed by atoms with Crippen molar-refractivity contribution < 1.29 is 12.8 Å². The lowest BCUT2D eigenvalue weighted by atomic mass is 10.2. The molecule has 0 aliphatic heterocycles. The standard InChI is InChI=1S/C12H12O3S/c1-9-3-8-12(15-9)10-4-6-11(7-5-10)16(2,13)14/h3-8H,1-2H3. The van der Waals surface area contributed by atoms with Crippen molar-refractivity contribution in [1.82, 2.24) is 0 Å². The van der Waals surface area contributed by atoms with Crippen LogP contribution in [0.2, 0.25) is 0 Å². The van der Waals surface area contributed by atoms with Crippen LogP contribution in [0.15, 0.2) is 45.7 Å². The topological polar surface area (TPSA) is 47.3 Å². The number of benzene rings is 1. The summed E-state index contributed by atoms with van der Waals surface area (Å²) in [5.74, 6) is 1.58. The molecule has 0 aliphatic rings. The Morgan fingerprint density at radius 1 is 1.00 bits per heavy atom. The molecule has 0 saturated heterocycles. The molecular weight excluding hydrogens is 224 g/mol. The van der Waals surface area contributed by atoms with Crippen LogP contribution in [-0.2, 0) is 9.84 Å². The lowest BCUT2D eigenvalue weighted by Crippen LogP contribution is -1.95. The third kappa shape index (κ3) is 2.17. The number of aryl methyl sites for hydroxylation is 1. The Hall–Kier alpha value is -1.55. The van der Waals surface area contributed by atoms with E-state index in [0.717, 1.165) is 17.1 Å². The van der Waals surface area contributed by atoms with Crippen LogP contribution in [0.25, 0.3) is 11.3 Å². The molecule has 2 aromatic rings. The first kappa shape index (κ1) is 11.0. The second-order valence-corrected chi connectivity index (χ2v) is 5.72. The fraction of sp³-hybridized carbons (Fsp3) is 0.167. The maximum Gasteiger partial charge on any atom is 0.175 e. The van der Waals surface area contributed by atoms with E-state index in [9.17, 15) is 8.42 Å². The van der Waals surface area contributed by atoms with Gasteiger partial charge in [0.05, 0.1) is 4.90 Å². The smallest absolute Gasteiger partial charge is 0.175 e. The summed E-state index contributed by atoms with van der Waals surface area (Å²) in [6.07, 6.45) is 1.19. The minimum absolute atomic E-state index is 0.319. The normalized spacial score (nSPS) is 11.6. The van der Waals surface area contributed by atoms with Gasteiger partial charge in [0, 0.05) is 11.8 Å². The highest BCUT2D eigenvalue weighted by atomic mass is 32.2. The summed E-state index contributed by atoms with van der Waals surface area (Å²) in [6, 6.07) is 10.4. The second kappa shape index (κ2) is 3.79. The zero-order valence-corrected chi connectivity index (χ0v) is 9.91. The molecule has 0 radical (unpaired) electrons. The summed E-state index contributed by atoms with van der Waals surface area (Å²) < 4.78 is 28.0. The van der Waals surface area contributed by atoms with Gasteiger partial charge < -0.3 is 4.42 Å². The average molecular weight is 236 g/mol. The highest BCUT2D eigenvalue weighted by Crippen LogP contribution is 2.23. The third-order valence-electron chi connectivity index (χ3n) is 2.31. The van der Waals surface area contributed by atoms with Crippen molar-refractivity contribution in [3.63, 3.8) is 0 Å². The minimum atomic E-state index is -3.13. The van der Waals surface area contributed by atoms with Crippen LogP contribution in [-0.4, -0.2) is 14.7 Å². The largest absolute Gasteiger partial charge is 0.461 e. The molecule has 16 heavy (non-hydrogen) atoms. The molecule has 3 nitrogen and oxygen atoms in total. The van der Waals surface area contributed by atoms with Gasteiger partial charge in [-0.3, -0.25) is 0 Å². The Morgan fingerprint density at radius 3 is 2.06 bits per heavy atom. The Balaban J connectivity index is 2.40. The van der Waals surface area contributed by atoms with Gasteiger partial charge in [0.2, 0.25) is 0 Å². The van der Waals surface area contributed by atoms with E-state index >= 15 is 0 Å². The summed E-state index contributed by atoms with van der Waals surface area (Å²) in [5, 5.41) is 0. The van der Waals surface area contributed by atoms with Gasteiger partial charge >= 0.3 is 0 Å². The molecule has 1 heterocycles. The molecule has 0 unspecified atom stereocenters. The van der Waals surface area contributed by atoms with Crippen LogP contribution < -0.4 is 0 Å². The van der Waals surface area contributed by atoms with Crippen molar-refractivity contribution in [2.24, 2.45) is 0 Å². The minimum Gasteiger partial charge on any atom is -0.461 e. The van der Waals surface area contributed by atoms with Crippen LogP contribution in [0.3, 0.4) is 0 Å². The fourth-order valence-corrected chi connectivity index (χ4v) is 2.09. The molecule has 0 bridgehead atoms. The van der Waals surface area contributed by atoms with Gasteiger partial charge in [-0.25, -0.2) is 8.42 Å². The third-order valence-corrected chi connectivity index (χ3v) is 3.44. The number of sulfone groups is 1. The summed E-state index contributed by atoms with van der Waals surface area (Å²) >= 11 is 0. The molecule has 0 amide bonds. The summed E-state index contributed by atoms with van der Waals surface area (Å²) in [5.41, 5.74) is 0.875. The van der Waals surface area contributed by atoms with Crippen molar-refractivity contribution >= 4 is 9.84 Å². The fourth-order valence-electron chi connectivity index (χ4n) is 1.46. The average Bonchev–Trinajstić information content (AvgIpc) is 2.64. The van der Waals surface area contributed by atoms with E-state index in [2.05, 4.69) is 0 Å². The maximum atomic E-state index is 11.3. The van der Waals surface area contributed by atoms with Gasteiger partial charge in [-0.1, -0.05) is 0 Å². The Morgan fingerprint density at radius 2 is 1.62 bits per heavy atom. The van der Waals surface area contributed by atoms with Crippen LogP contribution >= 0.6 is 0 Å². The SMILES string of the molecule is Cc1ccc(-c2ccc(S(C)(=O)=O)cc2)o1. The van der Waals surface area contributed by atoms with E-state index in [0.29, 0.717) is 4.90 Å². The predicted octanol–water partition coefficient (Wildman–Crippen LogP) is 2.66. The number of rotatable bonds is 2. The molecule has 0 saturated carbocycles. The molecule has 84 valence electrons. The Labute approximate surface area is 94.6 Å². The van der Waals surface area contributed by atoms with Crippen LogP contribution in [0.4, 0.5) is 0 Å². The van der Waals surface area contributed by atoms with Crippen molar-refractivity contribution in [3.8, 4) is 11.3 Å². The van der Waals surface area contributed by atoms with Gasteiger partial charge in [-0.15, -0.1) is 0 Å². The van der Waals surface area contributed by atoms with Crippen LogP contribution in [0, 0.1) is 6.92 Å². The number of hydrogen-bond acceptors (Lipinski definition) is 3. The van der Waals surface area contributed by atoms with Crippen LogP contribution in [0.5, 0.6) is 0 Å². The summed E-state index contributed by atoms with van der Waals surface area (Å²) in [6.45, 7) is 1.87. The van der Waals surface area contributed by atoms with E-state index in [1.807, 2.05) is 19.1 Å². The molecule has 0 aliphatic carbocycles. The molecular formula is C12H12O3S. The zero-order valence-electron chi connectivity index (χ0n) is 9.10.